The fourth-order valence-corrected chi connectivity index (χ4v) is 0. The van der Waals surface area contributed by atoms with Crippen LogP contribution < -0.4 is 182 Å². The fraction of sp³-hybridized carbons (Fsp3) is 0. The van der Waals surface area contributed by atoms with Crippen LogP contribution in [0.4, 0.5) is 9.59 Å². The van der Waals surface area contributed by atoms with Crippen LogP contribution in [0.1, 0.15) is 0 Å². The minimum atomic E-state index is -2.33. The van der Waals surface area contributed by atoms with Crippen LogP contribution in [0, 0.1) is 0 Å². The molecular weight excluding hydrogens is 244 g/mol. The number of carbonyl (C=O) groups excluding carboxylic acids is 2. The minimum absolute atomic E-state index is 0. The van der Waals surface area contributed by atoms with E-state index in [1.807, 2.05) is 0 Å². The molecule has 0 aliphatic rings. The molecule has 12 heavy (non-hydrogen) atoms. The van der Waals surface area contributed by atoms with Crippen LogP contribution in [0.5, 0.6) is 0 Å². The van der Waals surface area contributed by atoms with Crippen LogP contribution in [0.3, 0.4) is 0 Å². The average Bonchev–Trinajstić information content (AvgIpc) is 1.25. The number of hydrogen-bond donors (Lipinski definition) is 0. The van der Waals surface area contributed by atoms with Gasteiger partial charge in [-0.05, 0) is 12.3 Å². The third-order valence-electron chi connectivity index (χ3n) is 0. The van der Waals surface area contributed by atoms with E-state index in [1.54, 1.807) is 0 Å². The largest absolute Gasteiger partial charge is 1.00 e. The Hall–Kier alpha value is 3.81. The van der Waals surface area contributed by atoms with Gasteiger partial charge in [0.2, 0.25) is 0 Å². The predicted octanol–water partition coefficient (Wildman–Crippen LogP) is -16.9. The van der Waals surface area contributed by atoms with Crippen molar-refractivity contribution in [2.75, 3.05) is 0 Å². The topological polar surface area (TPSA) is 126 Å². The predicted molar refractivity (Wildman–Crippen MR) is 10.8 cm³/mol. The average molecular weight is 244 g/mol. The number of carboxylic acid groups (broad SMARTS) is 4. The van der Waals surface area contributed by atoms with E-state index in [0.717, 1.165) is 0 Å². The van der Waals surface area contributed by atoms with Crippen molar-refractivity contribution in [3.05, 3.63) is 0 Å². The zero-order chi connectivity index (χ0) is 7.15. The molecule has 0 spiro atoms. The number of rotatable bonds is 0. The van der Waals surface area contributed by atoms with E-state index in [2.05, 4.69) is 0 Å². The van der Waals surface area contributed by atoms with Crippen molar-refractivity contribution in [2.45, 2.75) is 0 Å². The summed E-state index contributed by atoms with van der Waals surface area (Å²) in [5.41, 5.74) is 0. The first-order valence-electron chi connectivity index (χ1n) is 1.22. The first kappa shape index (κ1) is 36.0. The van der Waals surface area contributed by atoms with Gasteiger partial charge in [0.1, 0.15) is 0 Å². The Kier molecular flexibility index (Phi) is 88.1. The Morgan fingerprint density at radius 1 is 0.667 bits per heavy atom. The van der Waals surface area contributed by atoms with Crippen LogP contribution in [0.15, 0.2) is 0 Å². The van der Waals surface area contributed by atoms with Gasteiger partial charge in [-0.2, -0.15) is 0 Å². The maximum absolute atomic E-state index is 8.33. The van der Waals surface area contributed by atoms with Crippen LogP contribution in [-0.2, 0) is 0 Å². The van der Waals surface area contributed by atoms with Gasteiger partial charge in [-0.15, -0.1) is 0 Å². The summed E-state index contributed by atoms with van der Waals surface area (Å²) < 4.78 is 0. The molecule has 0 aromatic carbocycles. The van der Waals surface area contributed by atoms with Gasteiger partial charge in [0.15, 0.2) is 0 Å². The van der Waals surface area contributed by atoms with Crippen LogP contribution in [-0.4, -0.2) is 12.3 Å². The maximum Gasteiger partial charge on any atom is 1.00 e. The molecule has 0 aromatic rings. The molecular formula is C2K2Na2O6. The van der Waals surface area contributed by atoms with Crippen molar-refractivity contribution >= 4 is 12.3 Å². The van der Waals surface area contributed by atoms with Gasteiger partial charge in [-0.1, -0.05) is 0 Å². The summed E-state index contributed by atoms with van der Waals surface area (Å²) in [6.45, 7) is 0. The molecule has 10 heteroatoms. The molecule has 0 amide bonds. The summed E-state index contributed by atoms with van der Waals surface area (Å²) in [6.07, 6.45) is -4.67. The Labute approximate surface area is 198 Å². The molecule has 0 aromatic heterocycles. The molecule has 0 saturated carbocycles. The van der Waals surface area contributed by atoms with Gasteiger partial charge in [-0.25, -0.2) is 0 Å². The Morgan fingerprint density at radius 2 is 0.667 bits per heavy atom. The molecule has 0 aliphatic heterocycles. The zero-order valence-corrected chi connectivity index (χ0v) is 17.7. The molecule has 0 N–H and O–H groups in total. The number of carbonyl (C=O) groups is 2. The second-order valence-electron chi connectivity index (χ2n) is 0.500. The first-order valence-corrected chi connectivity index (χ1v) is 1.22. The van der Waals surface area contributed by atoms with Crippen molar-refractivity contribution in [3.8, 4) is 0 Å². The molecule has 0 bridgehead atoms. The molecule has 0 heterocycles. The third kappa shape index (κ3) is 156. The zero-order valence-electron chi connectivity index (χ0n) is 7.45. The van der Waals surface area contributed by atoms with Gasteiger partial charge in [0.05, 0.1) is 0 Å². The molecule has 0 atom stereocenters. The van der Waals surface area contributed by atoms with E-state index in [-0.39, 0.29) is 162 Å². The van der Waals surface area contributed by atoms with Gasteiger partial charge in [0.25, 0.3) is 0 Å². The van der Waals surface area contributed by atoms with Gasteiger partial charge < -0.3 is 30.0 Å². The van der Waals surface area contributed by atoms with Gasteiger partial charge >= 0.3 is 162 Å². The Morgan fingerprint density at radius 3 is 0.667 bits per heavy atom. The van der Waals surface area contributed by atoms with Crippen LogP contribution in [0.2, 0.25) is 0 Å². The van der Waals surface area contributed by atoms with Crippen molar-refractivity contribution in [3.63, 3.8) is 0 Å². The second kappa shape index (κ2) is 29.4. The summed E-state index contributed by atoms with van der Waals surface area (Å²) in [6, 6.07) is 0. The second-order valence-corrected chi connectivity index (χ2v) is 0.500. The maximum atomic E-state index is 8.33. The quantitative estimate of drug-likeness (QED) is 0.389. The van der Waals surface area contributed by atoms with Crippen LogP contribution in [0.25, 0.3) is 0 Å². The SMILES string of the molecule is O=C([O-])[O-].O=C([O-])[O-].[K+].[K+].[Na+].[Na+]. The molecule has 0 aliphatic carbocycles. The van der Waals surface area contributed by atoms with Gasteiger partial charge in [0, 0.05) is 0 Å². The summed E-state index contributed by atoms with van der Waals surface area (Å²) in [5, 5.41) is 33.3. The molecule has 0 rings (SSSR count). The Bertz CT molecular complexity index is 79.5. The van der Waals surface area contributed by atoms with E-state index in [1.165, 1.54) is 0 Å². The van der Waals surface area contributed by atoms with Crippen LogP contribution >= 0.6 is 0 Å². The van der Waals surface area contributed by atoms with E-state index >= 15 is 0 Å². The molecule has 0 radical (unpaired) electrons. The standard InChI is InChI=1S/2CH2O3.2K.2Na/c2*2-1(3)4;;;;/h2*(H2,2,3,4);;;;/q;;4*+1/p-4. The van der Waals surface area contributed by atoms with E-state index in [9.17, 15) is 0 Å². The minimum Gasteiger partial charge on any atom is -0.652 e. The first-order chi connectivity index (χ1) is 3.46. The van der Waals surface area contributed by atoms with Crippen molar-refractivity contribution < 1.29 is 192 Å². The fourth-order valence-electron chi connectivity index (χ4n) is 0. The number of hydrogen-bond acceptors (Lipinski definition) is 6. The third-order valence-corrected chi connectivity index (χ3v) is 0. The van der Waals surface area contributed by atoms with E-state index in [4.69, 9.17) is 30.0 Å². The molecule has 0 fully saturated rings. The summed E-state index contributed by atoms with van der Waals surface area (Å²) in [5.74, 6) is 0. The van der Waals surface area contributed by atoms with Crippen molar-refractivity contribution in [1.82, 2.24) is 0 Å². The van der Waals surface area contributed by atoms with Gasteiger partial charge in [-0.3, -0.25) is 0 Å². The summed E-state index contributed by atoms with van der Waals surface area (Å²) in [4.78, 5) is 16.7. The van der Waals surface area contributed by atoms with E-state index < -0.39 is 12.3 Å². The van der Waals surface area contributed by atoms with Crippen molar-refractivity contribution in [2.24, 2.45) is 0 Å². The smallest absolute Gasteiger partial charge is 0.652 e. The monoisotopic (exact) mass is 244 g/mol. The Balaban J connectivity index is -0.0000000112. The summed E-state index contributed by atoms with van der Waals surface area (Å²) >= 11 is 0. The molecule has 0 unspecified atom stereocenters. The molecule has 0 saturated heterocycles. The molecule has 48 valence electrons. The van der Waals surface area contributed by atoms with Crippen molar-refractivity contribution in [1.29, 1.82) is 0 Å². The summed E-state index contributed by atoms with van der Waals surface area (Å²) in [7, 11) is 0. The van der Waals surface area contributed by atoms with E-state index in [0.29, 0.717) is 0 Å². The molecule has 6 nitrogen and oxygen atoms in total. The normalized spacial score (nSPS) is 4.00.